The van der Waals surface area contributed by atoms with Crippen molar-refractivity contribution in [1.29, 1.82) is 0 Å². The summed E-state index contributed by atoms with van der Waals surface area (Å²) in [5.41, 5.74) is 3.31. The number of carbonyl (C=O) groups excluding carboxylic acids is 1. The standard InChI is InChI=1S/C21H26N4O2/c1-22-21(23-12-11-16-5-3-2-4-6-16)24-13-14-27-18-8-9-19-17(15-18)7-10-20(26)25-19/h2-6,8-9,15H,7,10-14H2,1H3,(H,25,26)(H2,22,23,24). The molecule has 6 nitrogen and oxygen atoms in total. The van der Waals surface area contributed by atoms with Gasteiger partial charge in [-0.2, -0.15) is 0 Å². The maximum absolute atomic E-state index is 11.4. The Balaban J connectivity index is 1.37. The molecule has 0 atom stereocenters. The van der Waals surface area contributed by atoms with Crippen molar-refractivity contribution < 1.29 is 9.53 Å². The first-order valence-corrected chi connectivity index (χ1v) is 9.28. The molecule has 1 heterocycles. The van der Waals surface area contributed by atoms with Gasteiger partial charge in [0.25, 0.3) is 0 Å². The minimum absolute atomic E-state index is 0.0755. The van der Waals surface area contributed by atoms with Gasteiger partial charge in [-0.3, -0.25) is 9.79 Å². The number of benzene rings is 2. The van der Waals surface area contributed by atoms with E-state index in [0.717, 1.165) is 42.3 Å². The SMILES string of the molecule is CN=C(NCCOc1ccc2c(c1)CCC(=O)N2)NCCc1ccccc1. The Labute approximate surface area is 160 Å². The van der Waals surface area contributed by atoms with Crippen LogP contribution in [0.1, 0.15) is 17.5 Å². The lowest BCUT2D eigenvalue weighted by molar-refractivity contribution is -0.116. The largest absolute Gasteiger partial charge is 0.492 e. The van der Waals surface area contributed by atoms with Gasteiger partial charge in [-0.1, -0.05) is 30.3 Å². The summed E-state index contributed by atoms with van der Waals surface area (Å²) < 4.78 is 5.81. The molecule has 0 aliphatic carbocycles. The molecule has 142 valence electrons. The summed E-state index contributed by atoms with van der Waals surface area (Å²) in [6.07, 6.45) is 2.24. The van der Waals surface area contributed by atoms with E-state index in [-0.39, 0.29) is 5.91 Å². The fraction of sp³-hybridized carbons (Fsp3) is 0.333. The number of hydrogen-bond acceptors (Lipinski definition) is 3. The lowest BCUT2D eigenvalue weighted by Gasteiger charge is -2.18. The van der Waals surface area contributed by atoms with E-state index in [1.165, 1.54) is 5.56 Å². The molecule has 1 aliphatic rings. The third kappa shape index (κ3) is 5.74. The van der Waals surface area contributed by atoms with Crippen LogP contribution in [0, 0.1) is 0 Å². The van der Waals surface area contributed by atoms with Crippen molar-refractivity contribution in [3.63, 3.8) is 0 Å². The summed E-state index contributed by atoms with van der Waals surface area (Å²) in [7, 11) is 1.76. The average molecular weight is 366 g/mol. The Morgan fingerprint density at radius 2 is 1.93 bits per heavy atom. The first-order valence-electron chi connectivity index (χ1n) is 9.28. The van der Waals surface area contributed by atoms with Crippen LogP contribution < -0.4 is 20.7 Å². The lowest BCUT2D eigenvalue weighted by Crippen LogP contribution is -2.40. The van der Waals surface area contributed by atoms with Crippen molar-refractivity contribution in [2.24, 2.45) is 4.99 Å². The number of carbonyl (C=O) groups is 1. The van der Waals surface area contributed by atoms with Crippen molar-refractivity contribution >= 4 is 17.6 Å². The van der Waals surface area contributed by atoms with E-state index in [1.807, 2.05) is 36.4 Å². The average Bonchev–Trinajstić information content (AvgIpc) is 2.70. The Morgan fingerprint density at radius 3 is 2.74 bits per heavy atom. The van der Waals surface area contributed by atoms with Crippen molar-refractivity contribution in [2.45, 2.75) is 19.3 Å². The summed E-state index contributed by atoms with van der Waals surface area (Å²) in [5.74, 6) is 1.66. The van der Waals surface area contributed by atoms with Gasteiger partial charge in [0, 0.05) is 25.7 Å². The van der Waals surface area contributed by atoms with Crippen LogP contribution in [0.5, 0.6) is 5.75 Å². The van der Waals surface area contributed by atoms with E-state index in [4.69, 9.17) is 4.74 Å². The molecule has 3 rings (SSSR count). The summed E-state index contributed by atoms with van der Waals surface area (Å²) in [4.78, 5) is 15.6. The van der Waals surface area contributed by atoms with Crippen LogP contribution in [0.2, 0.25) is 0 Å². The molecule has 0 saturated carbocycles. The number of fused-ring (bicyclic) bond motifs is 1. The zero-order chi connectivity index (χ0) is 18.9. The van der Waals surface area contributed by atoms with Gasteiger partial charge in [-0.25, -0.2) is 0 Å². The molecule has 27 heavy (non-hydrogen) atoms. The van der Waals surface area contributed by atoms with Gasteiger partial charge in [0.05, 0.1) is 6.54 Å². The molecule has 6 heteroatoms. The van der Waals surface area contributed by atoms with Crippen LogP contribution in [0.15, 0.2) is 53.5 Å². The number of guanidine groups is 1. The highest BCUT2D eigenvalue weighted by Crippen LogP contribution is 2.26. The molecule has 0 aromatic heterocycles. The minimum Gasteiger partial charge on any atom is -0.492 e. The van der Waals surface area contributed by atoms with E-state index >= 15 is 0 Å². The van der Waals surface area contributed by atoms with Crippen molar-refractivity contribution in [1.82, 2.24) is 10.6 Å². The van der Waals surface area contributed by atoms with Crippen LogP contribution in [-0.4, -0.2) is 38.6 Å². The maximum Gasteiger partial charge on any atom is 0.224 e. The van der Waals surface area contributed by atoms with Gasteiger partial charge in [-0.05, 0) is 42.2 Å². The number of nitrogens with zero attached hydrogens (tertiary/aromatic N) is 1. The smallest absolute Gasteiger partial charge is 0.224 e. The van der Waals surface area contributed by atoms with Gasteiger partial charge < -0.3 is 20.7 Å². The summed E-state index contributed by atoms with van der Waals surface area (Å²) >= 11 is 0. The molecule has 2 aromatic rings. The molecular formula is C21H26N4O2. The minimum atomic E-state index is 0.0755. The second kappa shape index (κ2) is 9.62. The number of nitrogens with one attached hydrogen (secondary N) is 3. The zero-order valence-electron chi connectivity index (χ0n) is 15.6. The van der Waals surface area contributed by atoms with Crippen molar-refractivity contribution in [3.05, 3.63) is 59.7 Å². The number of aliphatic imine (C=N–C) groups is 1. The highest BCUT2D eigenvalue weighted by molar-refractivity contribution is 5.94. The number of aryl methyl sites for hydroxylation is 1. The van der Waals surface area contributed by atoms with Crippen LogP contribution in [0.4, 0.5) is 5.69 Å². The molecule has 0 unspecified atom stereocenters. The number of amides is 1. The number of hydrogen-bond donors (Lipinski definition) is 3. The van der Waals surface area contributed by atoms with Crippen molar-refractivity contribution in [2.75, 3.05) is 32.1 Å². The van der Waals surface area contributed by atoms with Crippen LogP contribution in [0.3, 0.4) is 0 Å². The number of rotatable bonds is 7. The zero-order valence-corrected chi connectivity index (χ0v) is 15.6. The van der Waals surface area contributed by atoms with E-state index in [0.29, 0.717) is 19.6 Å². The Hall–Kier alpha value is -3.02. The first-order chi connectivity index (χ1) is 13.2. The van der Waals surface area contributed by atoms with Gasteiger partial charge >= 0.3 is 0 Å². The van der Waals surface area contributed by atoms with E-state index < -0.39 is 0 Å². The summed E-state index contributed by atoms with van der Waals surface area (Å²) in [6, 6.07) is 16.2. The summed E-state index contributed by atoms with van der Waals surface area (Å²) in [5, 5.41) is 9.43. The number of anilines is 1. The molecular weight excluding hydrogens is 340 g/mol. The van der Waals surface area contributed by atoms with E-state index in [2.05, 4.69) is 33.1 Å². The molecule has 0 bridgehead atoms. The van der Waals surface area contributed by atoms with Crippen LogP contribution in [0.25, 0.3) is 0 Å². The van der Waals surface area contributed by atoms with E-state index in [1.54, 1.807) is 7.05 Å². The van der Waals surface area contributed by atoms with Crippen LogP contribution >= 0.6 is 0 Å². The van der Waals surface area contributed by atoms with Gasteiger partial charge in [0.1, 0.15) is 12.4 Å². The van der Waals surface area contributed by atoms with E-state index in [9.17, 15) is 4.79 Å². The van der Waals surface area contributed by atoms with Gasteiger partial charge in [-0.15, -0.1) is 0 Å². The third-order valence-electron chi connectivity index (χ3n) is 4.41. The predicted molar refractivity (Wildman–Crippen MR) is 108 cm³/mol. The number of ether oxygens (including phenoxy) is 1. The Kier molecular flexibility index (Phi) is 6.68. The fourth-order valence-corrected chi connectivity index (χ4v) is 2.98. The lowest BCUT2D eigenvalue weighted by atomic mass is 10.0. The fourth-order valence-electron chi connectivity index (χ4n) is 2.98. The quantitative estimate of drug-likeness (QED) is 0.400. The first kappa shape index (κ1) is 18.8. The molecule has 0 saturated heterocycles. The molecule has 1 amide bonds. The van der Waals surface area contributed by atoms with Gasteiger partial charge in [0.15, 0.2) is 5.96 Å². The third-order valence-corrected chi connectivity index (χ3v) is 4.41. The molecule has 2 aromatic carbocycles. The Morgan fingerprint density at radius 1 is 1.11 bits per heavy atom. The molecule has 1 aliphatic heterocycles. The van der Waals surface area contributed by atoms with Gasteiger partial charge in [0.2, 0.25) is 5.91 Å². The van der Waals surface area contributed by atoms with Crippen molar-refractivity contribution in [3.8, 4) is 5.75 Å². The summed E-state index contributed by atoms with van der Waals surface area (Å²) in [6.45, 7) is 2.00. The monoisotopic (exact) mass is 366 g/mol. The second-order valence-electron chi connectivity index (χ2n) is 6.38. The predicted octanol–water partition coefficient (Wildman–Crippen LogP) is 2.36. The Bertz CT molecular complexity index is 790. The highest BCUT2D eigenvalue weighted by atomic mass is 16.5. The maximum atomic E-state index is 11.4. The normalized spacial score (nSPS) is 13.5. The molecule has 0 fully saturated rings. The van der Waals surface area contributed by atoms with Crippen LogP contribution in [-0.2, 0) is 17.6 Å². The second-order valence-corrected chi connectivity index (χ2v) is 6.38. The highest BCUT2D eigenvalue weighted by Gasteiger charge is 2.14. The molecule has 3 N–H and O–H groups in total. The topological polar surface area (TPSA) is 74.8 Å². The molecule has 0 radical (unpaired) electrons. The molecule has 0 spiro atoms.